The summed E-state index contributed by atoms with van der Waals surface area (Å²) in [6, 6.07) is 5.00. The Morgan fingerprint density at radius 1 is 1.21 bits per heavy atom. The smallest absolute Gasteiger partial charge is 0.336 e. The number of fused-ring (bicyclic) bond motifs is 3. The molecule has 5 rings (SSSR count). The molecular weight excluding hydrogens is 432 g/mol. The van der Waals surface area contributed by atoms with Gasteiger partial charge in [0.1, 0.15) is 17.3 Å². The van der Waals surface area contributed by atoms with Crippen LogP contribution in [0.4, 0.5) is 5.82 Å². The van der Waals surface area contributed by atoms with E-state index >= 15 is 0 Å². The number of nitrogens with zero attached hydrogens (tertiary/aromatic N) is 6. The van der Waals surface area contributed by atoms with E-state index < -0.39 is 5.97 Å². The van der Waals surface area contributed by atoms with Crippen molar-refractivity contribution in [2.75, 3.05) is 18.6 Å². The van der Waals surface area contributed by atoms with E-state index in [1.54, 1.807) is 24.4 Å². The van der Waals surface area contributed by atoms with E-state index in [2.05, 4.69) is 27.0 Å². The van der Waals surface area contributed by atoms with Crippen molar-refractivity contribution in [1.82, 2.24) is 24.7 Å². The second-order valence-corrected chi connectivity index (χ2v) is 9.11. The average molecular weight is 463 g/mol. The number of rotatable bonds is 6. The van der Waals surface area contributed by atoms with Crippen LogP contribution in [0.3, 0.4) is 0 Å². The van der Waals surface area contributed by atoms with E-state index in [0.29, 0.717) is 23.1 Å². The van der Waals surface area contributed by atoms with Crippen molar-refractivity contribution in [3.63, 3.8) is 0 Å². The number of aryl methyl sites for hydroxylation is 1. The maximum absolute atomic E-state index is 12.0. The molecule has 0 saturated heterocycles. The molecule has 0 unspecified atom stereocenters. The van der Waals surface area contributed by atoms with Gasteiger partial charge in [-0.3, -0.25) is 4.57 Å². The SMILES string of the molecule is CC[C@@H]1c2nnc(C)n2-c2cnc(-c3c(OC)cccc3C(=O)O)nc2N1CC1CCCCC1. The van der Waals surface area contributed by atoms with Crippen molar-refractivity contribution in [2.45, 2.75) is 58.4 Å². The molecule has 178 valence electrons. The minimum atomic E-state index is -1.04. The Morgan fingerprint density at radius 2 is 2.00 bits per heavy atom. The number of anilines is 1. The van der Waals surface area contributed by atoms with Crippen LogP contribution in [-0.2, 0) is 0 Å². The second-order valence-electron chi connectivity index (χ2n) is 9.11. The van der Waals surface area contributed by atoms with Crippen LogP contribution in [0.15, 0.2) is 24.4 Å². The fourth-order valence-corrected chi connectivity index (χ4v) is 5.41. The van der Waals surface area contributed by atoms with Crippen LogP contribution in [0.25, 0.3) is 17.1 Å². The highest BCUT2D eigenvalue weighted by molar-refractivity contribution is 5.97. The highest BCUT2D eigenvalue weighted by Crippen LogP contribution is 2.42. The van der Waals surface area contributed by atoms with Crippen molar-refractivity contribution >= 4 is 11.8 Å². The zero-order valence-electron chi connectivity index (χ0n) is 19.9. The molecule has 1 atom stereocenters. The molecule has 1 aromatic carbocycles. The van der Waals surface area contributed by atoms with Gasteiger partial charge >= 0.3 is 5.97 Å². The van der Waals surface area contributed by atoms with Crippen molar-refractivity contribution < 1.29 is 14.6 Å². The van der Waals surface area contributed by atoms with Crippen LogP contribution in [0.2, 0.25) is 0 Å². The molecular formula is C25H30N6O3. The lowest BCUT2D eigenvalue weighted by Gasteiger charge is -2.40. The van der Waals surface area contributed by atoms with Gasteiger partial charge in [-0.1, -0.05) is 32.3 Å². The van der Waals surface area contributed by atoms with Gasteiger partial charge in [-0.05, 0) is 44.2 Å². The van der Waals surface area contributed by atoms with Gasteiger partial charge in [0.25, 0.3) is 0 Å². The molecule has 34 heavy (non-hydrogen) atoms. The predicted octanol–water partition coefficient (Wildman–Crippen LogP) is 4.59. The number of carboxylic acid groups (broad SMARTS) is 1. The molecule has 0 amide bonds. The third-order valence-electron chi connectivity index (χ3n) is 7.05. The van der Waals surface area contributed by atoms with Crippen molar-refractivity contribution in [2.24, 2.45) is 5.92 Å². The molecule has 0 radical (unpaired) electrons. The molecule has 0 bridgehead atoms. The summed E-state index contributed by atoms with van der Waals surface area (Å²) in [7, 11) is 1.53. The summed E-state index contributed by atoms with van der Waals surface area (Å²) < 4.78 is 7.54. The first-order chi connectivity index (χ1) is 16.5. The van der Waals surface area contributed by atoms with Gasteiger partial charge in [-0.15, -0.1) is 10.2 Å². The summed E-state index contributed by atoms with van der Waals surface area (Å²) in [5, 5.41) is 18.7. The van der Waals surface area contributed by atoms with E-state index in [9.17, 15) is 9.90 Å². The molecule has 1 saturated carbocycles. The van der Waals surface area contributed by atoms with E-state index in [1.165, 1.54) is 39.2 Å². The number of carbonyl (C=O) groups is 1. The van der Waals surface area contributed by atoms with Gasteiger partial charge in [0.2, 0.25) is 0 Å². The molecule has 0 spiro atoms. The molecule has 2 aliphatic rings. The highest BCUT2D eigenvalue weighted by atomic mass is 16.5. The number of ether oxygens (including phenoxy) is 1. The molecule has 1 aliphatic heterocycles. The Morgan fingerprint density at radius 3 is 2.71 bits per heavy atom. The molecule has 2 aromatic heterocycles. The summed E-state index contributed by atoms with van der Waals surface area (Å²) in [4.78, 5) is 24.0. The Kier molecular flexibility index (Phi) is 5.93. The van der Waals surface area contributed by atoms with Crippen LogP contribution in [-0.4, -0.2) is 49.5 Å². The monoisotopic (exact) mass is 462 g/mol. The number of methoxy groups -OCH3 is 1. The quantitative estimate of drug-likeness (QED) is 0.567. The topological polar surface area (TPSA) is 106 Å². The number of benzene rings is 1. The van der Waals surface area contributed by atoms with Gasteiger partial charge < -0.3 is 14.7 Å². The van der Waals surface area contributed by atoms with Crippen molar-refractivity contribution in [3.8, 4) is 22.8 Å². The molecule has 1 fully saturated rings. The molecule has 3 heterocycles. The first-order valence-electron chi connectivity index (χ1n) is 12.0. The van der Waals surface area contributed by atoms with Crippen LogP contribution in [0.1, 0.15) is 73.5 Å². The zero-order valence-corrected chi connectivity index (χ0v) is 19.9. The number of hydrogen-bond donors (Lipinski definition) is 1. The summed E-state index contributed by atoms with van der Waals surface area (Å²) in [6.07, 6.45) is 8.86. The maximum Gasteiger partial charge on any atom is 0.336 e. The lowest BCUT2D eigenvalue weighted by Crippen LogP contribution is -2.39. The molecule has 1 aliphatic carbocycles. The highest BCUT2D eigenvalue weighted by Gasteiger charge is 2.36. The number of aromatic carboxylic acids is 1. The third kappa shape index (κ3) is 3.69. The van der Waals surface area contributed by atoms with Crippen molar-refractivity contribution in [1.29, 1.82) is 0 Å². The van der Waals surface area contributed by atoms with E-state index in [4.69, 9.17) is 9.72 Å². The third-order valence-corrected chi connectivity index (χ3v) is 7.05. The van der Waals surface area contributed by atoms with Crippen LogP contribution < -0.4 is 9.64 Å². The lowest BCUT2D eigenvalue weighted by atomic mass is 9.88. The van der Waals surface area contributed by atoms with Crippen LogP contribution in [0.5, 0.6) is 5.75 Å². The fourth-order valence-electron chi connectivity index (χ4n) is 5.41. The minimum absolute atomic E-state index is 0.0370. The van der Waals surface area contributed by atoms with Crippen LogP contribution >= 0.6 is 0 Å². The second kappa shape index (κ2) is 9.04. The molecule has 9 heteroatoms. The lowest BCUT2D eigenvalue weighted by molar-refractivity contribution is 0.0697. The number of carboxylic acids is 1. The van der Waals surface area contributed by atoms with Gasteiger partial charge in [0.15, 0.2) is 17.5 Å². The normalized spacial score (nSPS) is 17.9. The van der Waals surface area contributed by atoms with E-state index in [1.807, 2.05) is 11.5 Å². The Labute approximate surface area is 198 Å². The summed E-state index contributed by atoms with van der Waals surface area (Å²) in [6.45, 7) is 4.97. The summed E-state index contributed by atoms with van der Waals surface area (Å²) >= 11 is 0. The van der Waals surface area contributed by atoms with E-state index in [-0.39, 0.29) is 11.6 Å². The number of hydrogen-bond acceptors (Lipinski definition) is 7. The van der Waals surface area contributed by atoms with Gasteiger partial charge in [-0.2, -0.15) is 0 Å². The van der Waals surface area contributed by atoms with E-state index in [0.717, 1.165) is 36.1 Å². The Bertz CT molecular complexity index is 1220. The molecule has 3 aromatic rings. The standard InChI is InChI=1S/C25H30N6O3/c1-4-18-24-29-28-15(2)31(24)19-13-26-22(21-17(25(32)33)11-8-12-20(21)34-3)27-23(19)30(18)14-16-9-6-5-7-10-16/h8,11-13,16,18H,4-7,9-10,14H2,1-3H3,(H,32,33)/t18-/m1/s1. The average Bonchev–Trinajstić information content (AvgIpc) is 3.25. The Hall–Kier alpha value is -3.49. The van der Waals surface area contributed by atoms with Crippen molar-refractivity contribution in [3.05, 3.63) is 41.6 Å². The van der Waals surface area contributed by atoms with Gasteiger partial charge in [-0.25, -0.2) is 14.8 Å². The summed E-state index contributed by atoms with van der Waals surface area (Å²) in [5.41, 5.74) is 1.33. The maximum atomic E-state index is 12.0. The first kappa shape index (κ1) is 22.3. The van der Waals surface area contributed by atoms with Gasteiger partial charge in [0.05, 0.1) is 30.5 Å². The number of aromatic nitrogens is 5. The minimum Gasteiger partial charge on any atom is -0.496 e. The first-order valence-corrected chi connectivity index (χ1v) is 12.0. The predicted molar refractivity (Wildman–Crippen MR) is 128 cm³/mol. The van der Waals surface area contributed by atoms with Crippen LogP contribution in [0, 0.1) is 12.8 Å². The molecule has 9 nitrogen and oxygen atoms in total. The fraction of sp³-hybridized carbons (Fsp3) is 0.480. The Balaban J connectivity index is 1.69. The van der Waals surface area contributed by atoms with Gasteiger partial charge in [0, 0.05) is 6.54 Å². The zero-order chi connectivity index (χ0) is 23.8. The molecule has 1 N–H and O–H groups in total. The summed E-state index contributed by atoms with van der Waals surface area (Å²) in [5.74, 6) is 2.80. The largest absolute Gasteiger partial charge is 0.496 e.